The molecule has 0 saturated heterocycles. The minimum Gasteiger partial charge on any atom is -0.358 e. The van der Waals surface area contributed by atoms with E-state index in [-0.39, 0.29) is 24.3 Å². The summed E-state index contributed by atoms with van der Waals surface area (Å²) in [6.45, 7) is 3.71. The number of carbonyl (C=O) groups excluding carboxylic acids is 2. The Bertz CT molecular complexity index is 820. The third kappa shape index (κ3) is 4.95. The molecule has 2 N–H and O–H groups in total. The van der Waals surface area contributed by atoms with E-state index in [9.17, 15) is 9.59 Å². The van der Waals surface area contributed by atoms with E-state index in [4.69, 9.17) is 4.52 Å². The Balaban J connectivity index is 1.65. The molecule has 1 aromatic heterocycles. The van der Waals surface area contributed by atoms with Crippen molar-refractivity contribution >= 4 is 11.8 Å². The predicted octanol–water partition coefficient (Wildman–Crippen LogP) is 1.20. The lowest BCUT2D eigenvalue weighted by molar-refractivity contribution is -0.127. The maximum absolute atomic E-state index is 12.4. The Hall–Kier alpha value is -2.74. The van der Waals surface area contributed by atoms with Gasteiger partial charge in [-0.05, 0) is 24.0 Å². The van der Waals surface area contributed by atoms with Crippen molar-refractivity contribution < 1.29 is 14.1 Å². The fourth-order valence-electron chi connectivity index (χ4n) is 3.38. The molecule has 0 radical (unpaired) electrons. The number of amides is 2. The van der Waals surface area contributed by atoms with E-state index in [1.807, 2.05) is 17.0 Å². The zero-order chi connectivity index (χ0) is 19.9. The monoisotopic (exact) mass is 385 g/mol. The van der Waals surface area contributed by atoms with Crippen molar-refractivity contribution in [2.75, 3.05) is 13.6 Å². The summed E-state index contributed by atoms with van der Waals surface area (Å²) >= 11 is 0. The molecule has 1 aromatic carbocycles. The van der Waals surface area contributed by atoms with Gasteiger partial charge < -0.3 is 15.2 Å². The average Bonchev–Trinajstić information content (AvgIpc) is 3.13. The standard InChI is InChI=1S/C20H27N5O3/c1-3-4-9-22-18(26)11-17-23-19(28-24-17)13-25-12-15-8-6-5-7-14(15)10-16(25)20(27)21-2/h5-8,16H,3-4,9-13H2,1-2H3,(H,21,27)(H,22,26). The van der Waals surface area contributed by atoms with E-state index in [1.165, 1.54) is 11.1 Å². The number of nitrogens with zero attached hydrogens (tertiary/aromatic N) is 3. The van der Waals surface area contributed by atoms with Crippen LogP contribution in [0.3, 0.4) is 0 Å². The third-order valence-electron chi connectivity index (χ3n) is 4.91. The molecule has 1 unspecified atom stereocenters. The van der Waals surface area contributed by atoms with Crippen LogP contribution in [-0.4, -0.2) is 46.5 Å². The quantitative estimate of drug-likeness (QED) is 0.663. The molecular formula is C20H27N5O3. The number of unbranched alkanes of at least 4 members (excludes halogenated alkanes) is 1. The van der Waals surface area contributed by atoms with Crippen molar-refractivity contribution in [3.63, 3.8) is 0 Å². The van der Waals surface area contributed by atoms with Crippen LogP contribution in [0.2, 0.25) is 0 Å². The van der Waals surface area contributed by atoms with Crippen molar-refractivity contribution in [2.24, 2.45) is 0 Å². The molecule has 0 spiro atoms. The highest BCUT2D eigenvalue weighted by molar-refractivity contribution is 5.82. The number of fused-ring (bicyclic) bond motifs is 1. The molecule has 1 atom stereocenters. The second-order valence-electron chi connectivity index (χ2n) is 6.99. The zero-order valence-corrected chi connectivity index (χ0v) is 16.4. The number of likely N-dealkylation sites (N-methyl/N-ethyl adjacent to an activating group) is 1. The van der Waals surface area contributed by atoms with E-state index in [0.29, 0.717) is 37.8 Å². The Morgan fingerprint density at radius 3 is 2.82 bits per heavy atom. The number of hydrogen-bond acceptors (Lipinski definition) is 6. The SMILES string of the molecule is CCCCNC(=O)Cc1noc(CN2Cc3ccccc3CC2C(=O)NC)n1. The first-order chi connectivity index (χ1) is 13.6. The first kappa shape index (κ1) is 20.0. The second kappa shape index (κ2) is 9.45. The molecule has 2 aromatic rings. The summed E-state index contributed by atoms with van der Waals surface area (Å²) in [5, 5.41) is 9.49. The van der Waals surface area contributed by atoms with E-state index >= 15 is 0 Å². The molecule has 0 fully saturated rings. The minimum atomic E-state index is -0.299. The largest absolute Gasteiger partial charge is 0.358 e. The Morgan fingerprint density at radius 2 is 2.07 bits per heavy atom. The Morgan fingerprint density at radius 1 is 1.29 bits per heavy atom. The molecular weight excluding hydrogens is 358 g/mol. The summed E-state index contributed by atoms with van der Waals surface area (Å²) in [6, 6.07) is 7.82. The van der Waals surface area contributed by atoms with E-state index in [1.54, 1.807) is 7.05 Å². The van der Waals surface area contributed by atoms with Crippen LogP contribution in [0.4, 0.5) is 0 Å². The van der Waals surface area contributed by atoms with Crippen LogP contribution in [0, 0.1) is 0 Å². The molecule has 0 aliphatic carbocycles. The molecule has 0 bridgehead atoms. The van der Waals surface area contributed by atoms with Crippen LogP contribution in [0.15, 0.2) is 28.8 Å². The molecule has 1 aliphatic rings. The van der Waals surface area contributed by atoms with Crippen LogP contribution in [0.5, 0.6) is 0 Å². The van der Waals surface area contributed by atoms with Gasteiger partial charge in [-0.1, -0.05) is 42.8 Å². The lowest BCUT2D eigenvalue weighted by Crippen LogP contribution is -2.49. The summed E-state index contributed by atoms with van der Waals surface area (Å²) in [6.07, 6.45) is 2.70. The molecule has 2 amide bonds. The van der Waals surface area contributed by atoms with Gasteiger partial charge in [0.05, 0.1) is 19.0 Å². The molecule has 150 valence electrons. The molecule has 0 saturated carbocycles. The Labute approximate surface area is 164 Å². The molecule has 3 rings (SSSR count). The fourth-order valence-corrected chi connectivity index (χ4v) is 3.38. The zero-order valence-electron chi connectivity index (χ0n) is 16.4. The maximum atomic E-state index is 12.4. The highest BCUT2D eigenvalue weighted by Gasteiger charge is 2.32. The average molecular weight is 385 g/mol. The number of aromatic nitrogens is 2. The van der Waals surface area contributed by atoms with Crippen LogP contribution in [-0.2, 0) is 35.5 Å². The van der Waals surface area contributed by atoms with Crippen molar-refractivity contribution in [3.8, 4) is 0 Å². The lowest BCUT2D eigenvalue weighted by atomic mass is 9.93. The van der Waals surface area contributed by atoms with Gasteiger partial charge in [0.25, 0.3) is 0 Å². The number of benzene rings is 1. The fraction of sp³-hybridized carbons (Fsp3) is 0.500. The van der Waals surface area contributed by atoms with Crippen LogP contribution in [0.25, 0.3) is 0 Å². The second-order valence-corrected chi connectivity index (χ2v) is 6.99. The van der Waals surface area contributed by atoms with Crippen molar-refractivity contribution in [2.45, 2.75) is 51.7 Å². The number of nitrogens with one attached hydrogen (secondary N) is 2. The first-order valence-electron chi connectivity index (χ1n) is 9.71. The third-order valence-corrected chi connectivity index (χ3v) is 4.91. The molecule has 2 heterocycles. The summed E-state index contributed by atoms with van der Waals surface area (Å²) in [4.78, 5) is 30.7. The normalized spacial score (nSPS) is 16.4. The summed E-state index contributed by atoms with van der Waals surface area (Å²) < 4.78 is 5.33. The highest BCUT2D eigenvalue weighted by Crippen LogP contribution is 2.24. The van der Waals surface area contributed by atoms with Gasteiger partial charge in [0.15, 0.2) is 5.82 Å². The van der Waals surface area contributed by atoms with E-state index in [2.05, 4.69) is 39.8 Å². The molecule has 8 heteroatoms. The van der Waals surface area contributed by atoms with Crippen LogP contribution < -0.4 is 10.6 Å². The maximum Gasteiger partial charge on any atom is 0.240 e. The van der Waals surface area contributed by atoms with Gasteiger partial charge in [-0.2, -0.15) is 4.98 Å². The van der Waals surface area contributed by atoms with Crippen molar-refractivity contribution in [3.05, 3.63) is 47.1 Å². The number of hydrogen-bond donors (Lipinski definition) is 2. The highest BCUT2D eigenvalue weighted by atomic mass is 16.5. The summed E-state index contributed by atoms with van der Waals surface area (Å²) in [5.74, 6) is 0.614. The van der Waals surface area contributed by atoms with Gasteiger partial charge >= 0.3 is 0 Å². The van der Waals surface area contributed by atoms with Crippen LogP contribution in [0.1, 0.15) is 42.6 Å². The minimum absolute atomic E-state index is 0.0375. The summed E-state index contributed by atoms with van der Waals surface area (Å²) in [7, 11) is 1.64. The predicted molar refractivity (Wildman–Crippen MR) is 103 cm³/mol. The van der Waals surface area contributed by atoms with Gasteiger partial charge in [-0.15, -0.1) is 0 Å². The van der Waals surface area contributed by atoms with Gasteiger partial charge in [0, 0.05) is 20.1 Å². The van der Waals surface area contributed by atoms with Gasteiger partial charge in [0.1, 0.15) is 0 Å². The lowest BCUT2D eigenvalue weighted by Gasteiger charge is -2.34. The van der Waals surface area contributed by atoms with E-state index in [0.717, 1.165) is 12.8 Å². The van der Waals surface area contributed by atoms with Crippen LogP contribution >= 0.6 is 0 Å². The molecule has 28 heavy (non-hydrogen) atoms. The van der Waals surface area contributed by atoms with Crippen molar-refractivity contribution in [1.29, 1.82) is 0 Å². The molecule has 8 nitrogen and oxygen atoms in total. The smallest absolute Gasteiger partial charge is 0.240 e. The first-order valence-corrected chi connectivity index (χ1v) is 9.71. The number of rotatable bonds is 8. The molecule has 1 aliphatic heterocycles. The topological polar surface area (TPSA) is 100 Å². The van der Waals surface area contributed by atoms with Crippen molar-refractivity contribution in [1.82, 2.24) is 25.7 Å². The van der Waals surface area contributed by atoms with Gasteiger partial charge in [0.2, 0.25) is 17.7 Å². The summed E-state index contributed by atoms with van der Waals surface area (Å²) in [5.41, 5.74) is 2.38. The van der Waals surface area contributed by atoms with Gasteiger partial charge in [-0.3, -0.25) is 14.5 Å². The van der Waals surface area contributed by atoms with E-state index < -0.39 is 0 Å². The number of carbonyl (C=O) groups is 2. The van der Waals surface area contributed by atoms with Gasteiger partial charge in [-0.25, -0.2) is 0 Å². The Kier molecular flexibility index (Phi) is 6.76.